The number of hydrogen-bond acceptors (Lipinski definition) is 7. The van der Waals surface area contributed by atoms with Gasteiger partial charge >= 0.3 is 0 Å². The second-order valence-electron chi connectivity index (χ2n) is 6.84. The van der Waals surface area contributed by atoms with Crippen molar-refractivity contribution >= 4 is 11.7 Å². The van der Waals surface area contributed by atoms with Gasteiger partial charge in [0.15, 0.2) is 28.8 Å². The van der Waals surface area contributed by atoms with E-state index in [2.05, 4.69) is 15.5 Å². The van der Waals surface area contributed by atoms with Crippen molar-refractivity contribution < 1.29 is 28.5 Å². The number of hydrogen-bond donors (Lipinski definition) is 2. The molecule has 0 aliphatic carbocycles. The molecule has 3 aromatic rings. The molecule has 162 valence electrons. The van der Waals surface area contributed by atoms with Crippen LogP contribution in [-0.2, 0) is 4.79 Å². The van der Waals surface area contributed by atoms with Crippen LogP contribution in [0, 0.1) is 6.92 Å². The first-order valence-corrected chi connectivity index (χ1v) is 9.60. The van der Waals surface area contributed by atoms with Gasteiger partial charge in [-0.05, 0) is 36.8 Å². The third kappa shape index (κ3) is 3.81. The molecule has 1 amide bonds. The maximum absolute atomic E-state index is 12.9. The lowest BCUT2D eigenvalue weighted by Gasteiger charge is -2.25. The average Bonchev–Trinajstić information content (AvgIpc) is 3.17. The van der Waals surface area contributed by atoms with Crippen molar-refractivity contribution in [2.75, 3.05) is 33.3 Å². The molecule has 0 fully saturated rings. The maximum atomic E-state index is 12.9. The summed E-state index contributed by atoms with van der Waals surface area (Å²) in [5.74, 6) is 2.60. The van der Waals surface area contributed by atoms with Crippen LogP contribution in [-0.4, -0.2) is 50.1 Å². The summed E-state index contributed by atoms with van der Waals surface area (Å²) in [6, 6.07) is 10.8. The summed E-state index contributed by atoms with van der Waals surface area (Å²) in [5.41, 5.74) is 2.20. The Morgan fingerprint density at radius 2 is 1.77 bits per heavy atom. The SMILES string of the molecule is COc1cc(-c2c(NC(=O)[C@H]3COc4ccccc4O3)n[nH]c2C)cc(OC)c1OC. The fourth-order valence-corrected chi connectivity index (χ4v) is 3.44. The van der Waals surface area contributed by atoms with E-state index in [4.69, 9.17) is 23.7 Å². The van der Waals surface area contributed by atoms with E-state index in [9.17, 15) is 4.79 Å². The van der Waals surface area contributed by atoms with E-state index in [1.54, 1.807) is 45.6 Å². The van der Waals surface area contributed by atoms with Crippen molar-refractivity contribution in [3.63, 3.8) is 0 Å². The van der Waals surface area contributed by atoms with Crippen molar-refractivity contribution in [3.8, 4) is 39.9 Å². The highest BCUT2D eigenvalue weighted by Crippen LogP contribution is 2.43. The number of H-pyrrole nitrogens is 1. The Bertz CT molecular complexity index is 1090. The lowest BCUT2D eigenvalue weighted by molar-refractivity contribution is -0.125. The minimum Gasteiger partial charge on any atom is -0.493 e. The zero-order valence-corrected chi connectivity index (χ0v) is 17.6. The number of ether oxygens (including phenoxy) is 5. The Morgan fingerprint density at radius 3 is 2.42 bits per heavy atom. The molecule has 9 nitrogen and oxygen atoms in total. The number of aromatic nitrogens is 2. The molecule has 31 heavy (non-hydrogen) atoms. The van der Waals surface area contributed by atoms with Crippen molar-refractivity contribution in [1.82, 2.24) is 10.2 Å². The third-order valence-corrected chi connectivity index (χ3v) is 4.94. The Hall–Kier alpha value is -3.88. The molecule has 0 unspecified atom stereocenters. The zero-order chi connectivity index (χ0) is 22.0. The standard InChI is InChI=1S/C22H23N3O6/c1-12-19(13-9-16(27-2)20(29-4)17(10-13)28-3)21(25-24-12)23-22(26)18-11-30-14-7-5-6-8-15(14)31-18/h5-10,18H,11H2,1-4H3,(H2,23,24,25,26)/t18-/m1/s1. The molecule has 0 radical (unpaired) electrons. The number of aryl methyl sites for hydroxylation is 1. The number of methoxy groups -OCH3 is 3. The molecule has 1 aromatic heterocycles. The maximum Gasteiger partial charge on any atom is 0.270 e. The summed E-state index contributed by atoms with van der Waals surface area (Å²) in [5, 5.41) is 10.0. The van der Waals surface area contributed by atoms with E-state index in [1.165, 1.54) is 0 Å². The number of amides is 1. The average molecular weight is 425 g/mol. The van der Waals surface area contributed by atoms with Gasteiger partial charge in [-0.3, -0.25) is 9.89 Å². The van der Waals surface area contributed by atoms with Crippen LogP contribution in [0.25, 0.3) is 11.1 Å². The molecule has 0 saturated heterocycles. The molecule has 1 aliphatic rings. The molecule has 2 heterocycles. The summed E-state index contributed by atoms with van der Waals surface area (Å²) in [6.45, 7) is 1.96. The smallest absolute Gasteiger partial charge is 0.270 e. The Labute approximate surface area is 179 Å². The Balaban J connectivity index is 1.63. The summed E-state index contributed by atoms with van der Waals surface area (Å²) >= 11 is 0. The fourth-order valence-electron chi connectivity index (χ4n) is 3.44. The molecule has 1 atom stereocenters. The second kappa shape index (κ2) is 8.47. The van der Waals surface area contributed by atoms with Crippen LogP contribution < -0.4 is 29.0 Å². The van der Waals surface area contributed by atoms with Gasteiger partial charge in [0, 0.05) is 11.3 Å². The number of aromatic amines is 1. The van der Waals surface area contributed by atoms with E-state index in [-0.39, 0.29) is 12.5 Å². The lowest BCUT2D eigenvalue weighted by Crippen LogP contribution is -2.40. The molecule has 9 heteroatoms. The highest BCUT2D eigenvalue weighted by Gasteiger charge is 2.29. The molecule has 2 N–H and O–H groups in total. The summed E-state index contributed by atoms with van der Waals surface area (Å²) < 4.78 is 27.7. The third-order valence-electron chi connectivity index (χ3n) is 4.94. The van der Waals surface area contributed by atoms with Crippen molar-refractivity contribution in [2.24, 2.45) is 0 Å². The summed E-state index contributed by atoms with van der Waals surface area (Å²) in [4.78, 5) is 12.9. The zero-order valence-electron chi connectivity index (χ0n) is 17.6. The Kier molecular flexibility index (Phi) is 5.57. The van der Waals surface area contributed by atoms with Gasteiger partial charge in [-0.25, -0.2) is 0 Å². The number of anilines is 1. The number of fused-ring (bicyclic) bond motifs is 1. The topological polar surface area (TPSA) is 104 Å². The molecular formula is C22H23N3O6. The first-order valence-electron chi connectivity index (χ1n) is 9.60. The fraction of sp³-hybridized carbons (Fsp3) is 0.273. The molecule has 0 saturated carbocycles. The van der Waals surface area contributed by atoms with Crippen LogP contribution in [0.2, 0.25) is 0 Å². The van der Waals surface area contributed by atoms with E-state index < -0.39 is 6.10 Å². The Morgan fingerprint density at radius 1 is 1.10 bits per heavy atom. The van der Waals surface area contributed by atoms with Gasteiger partial charge in [-0.2, -0.15) is 5.10 Å². The first kappa shape index (κ1) is 20.4. The lowest BCUT2D eigenvalue weighted by atomic mass is 10.0. The van der Waals surface area contributed by atoms with Crippen molar-refractivity contribution in [2.45, 2.75) is 13.0 Å². The van der Waals surface area contributed by atoms with Gasteiger partial charge < -0.3 is 29.0 Å². The highest BCUT2D eigenvalue weighted by molar-refractivity contribution is 5.98. The van der Waals surface area contributed by atoms with E-state index in [0.717, 1.165) is 11.3 Å². The van der Waals surface area contributed by atoms with Crippen LogP contribution >= 0.6 is 0 Å². The van der Waals surface area contributed by atoms with Crippen LogP contribution in [0.15, 0.2) is 36.4 Å². The molecular weight excluding hydrogens is 402 g/mol. The van der Waals surface area contributed by atoms with E-state index >= 15 is 0 Å². The summed E-state index contributed by atoms with van der Waals surface area (Å²) in [6.07, 6.45) is -0.806. The van der Waals surface area contributed by atoms with Crippen LogP contribution in [0.4, 0.5) is 5.82 Å². The van der Waals surface area contributed by atoms with Gasteiger partial charge in [0.2, 0.25) is 11.9 Å². The predicted octanol–water partition coefficient (Wildman–Crippen LogP) is 3.19. The highest BCUT2D eigenvalue weighted by atomic mass is 16.6. The van der Waals surface area contributed by atoms with E-state index in [1.807, 2.05) is 19.1 Å². The number of benzene rings is 2. The minimum absolute atomic E-state index is 0.103. The normalized spacial score (nSPS) is 14.6. The van der Waals surface area contributed by atoms with Crippen molar-refractivity contribution in [1.29, 1.82) is 0 Å². The molecule has 4 rings (SSSR count). The van der Waals surface area contributed by atoms with Gasteiger partial charge in [0.25, 0.3) is 5.91 Å². The van der Waals surface area contributed by atoms with Crippen molar-refractivity contribution in [3.05, 3.63) is 42.1 Å². The number of nitrogens with one attached hydrogen (secondary N) is 2. The molecule has 0 spiro atoms. The number of para-hydroxylation sites is 2. The first-order chi connectivity index (χ1) is 15.0. The van der Waals surface area contributed by atoms with Gasteiger partial charge in [0.1, 0.15) is 6.61 Å². The van der Waals surface area contributed by atoms with Crippen LogP contribution in [0.1, 0.15) is 5.69 Å². The molecule has 1 aliphatic heterocycles. The monoisotopic (exact) mass is 425 g/mol. The summed E-state index contributed by atoms with van der Waals surface area (Å²) in [7, 11) is 4.63. The molecule has 2 aromatic carbocycles. The number of rotatable bonds is 6. The van der Waals surface area contributed by atoms with Gasteiger partial charge in [-0.15, -0.1) is 0 Å². The predicted molar refractivity (Wildman–Crippen MR) is 113 cm³/mol. The molecule has 0 bridgehead atoms. The minimum atomic E-state index is -0.806. The van der Waals surface area contributed by atoms with Crippen LogP contribution in [0.5, 0.6) is 28.7 Å². The quantitative estimate of drug-likeness (QED) is 0.625. The number of carbonyl (C=O) groups is 1. The van der Waals surface area contributed by atoms with Crippen LogP contribution in [0.3, 0.4) is 0 Å². The van der Waals surface area contributed by atoms with Gasteiger partial charge in [0.05, 0.1) is 21.3 Å². The number of carbonyl (C=O) groups excluding carboxylic acids is 1. The number of nitrogens with zero attached hydrogens (tertiary/aromatic N) is 1. The largest absolute Gasteiger partial charge is 0.493 e. The van der Waals surface area contributed by atoms with E-state index in [0.29, 0.717) is 40.1 Å². The van der Waals surface area contributed by atoms with Gasteiger partial charge in [-0.1, -0.05) is 12.1 Å². The second-order valence-corrected chi connectivity index (χ2v) is 6.84.